The predicted octanol–water partition coefficient (Wildman–Crippen LogP) is 4.94. The Balaban J connectivity index is 2.07. The number of Topliss-reactive ketones (excluding diaryl/α,β-unsaturated/α-hetero) is 1. The van der Waals surface area contributed by atoms with Gasteiger partial charge in [0.2, 0.25) is 0 Å². The highest BCUT2D eigenvalue weighted by Gasteiger charge is 2.26. The van der Waals surface area contributed by atoms with Crippen LogP contribution in [-0.4, -0.2) is 21.8 Å². The van der Waals surface area contributed by atoms with E-state index in [1.807, 2.05) is 24.3 Å². The van der Waals surface area contributed by atoms with Gasteiger partial charge in [-0.2, -0.15) is 0 Å². The zero-order valence-corrected chi connectivity index (χ0v) is 16.9. The van der Waals surface area contributed by atoms with Gasteiger partial charge in [0.05, 0.1) is 11.1 Å². The van der Waals surface area contributed by atoms with E-state index in [0.29, 0.717) is 10.8 Å². The lowest BCUT2D eigenvalue weighted by Gasteiger charge is -2.14. The van der Waals surface area contributed by atoms with E-state index in [9.17, 15) is 24.6 Å². The first-order valence-electron chi connectivity index (χ1n) is 9.86. The van der Waals surface area contributed by atoms with Gasteiger partial charge in [-0.25, -0.2) is 4.79 Å². The van der Waals surface area contributed by atoms with Crippen molar-refractivity contribution < 1.29 is 24.2 Å². The lowest BCUT2D eigenvalue weighted by Crippen LogP contribution is -2.10. The molecule has 0 fully saturated rings. The van der Waals surface area contributed by atoms with E-state index in [-0.39, 0.29) is 38.8 Å². The van der Waals surface area contributed by atoms with Crippen LogP contribution in [0.3, 0.4) is 0 Å². The zero-order chi connectivity index (χ0) is 22.6. The summed E-state index contributed by atoms with van der Waals surface area (Å²) in [5.74, 6) is -1.88. The molecule has 1 heterocycles. The third-order valence-electron chi connectivity index (χ3n) is 5.62. The largest absolute Gasteiger partial charge is 0.507 e. The fraction of sp³-hybridized carbons (Fsp3) is 0.0385. The molecular formula is C26H16O6. The Morgan fingerprint density at radius 1 is 0.781 bits per heavy atom. The smallest absolute Gasteiger partial charge is 0.348 e. The standard InChI is InChI=1S/C26H16O6/c1-13(27)17-12-18(24(29)16-8-4-5-9-19(16)28)22-21-15-7-3-2-6-14(15)10-11-20(21)32-26(31)23(22)25(17)30/h2-12,28,30H,1H3. The fourth-order valence-electron chi connectivity index (χ4n) is 4.13. The Morgan fingerprint density at radius 2 is 1.50 bits per heavy atom. The molecule has 0 unspecified atom stereocenters. The topological polar surface area (TPSA) is 105 Å². The average molecular weight is 424 g/mol. The number of fused-ring (bicyclic) bond motifs is 5. The van der Waals surface area contributed by atoms with Gasteiger partial charge in [0, 0.05) is 16.3 Å². The number of benzene rings is 4. The van der Waals surface area contributed by atoms with Crippen molar-refractivity contribution >= 4 is 44.1 Å². The van der Waals surface area contributed by atoms with Gasteiger partial charge in [-0.3, -0.25) is 9.59 Å². The number of carbonyl (C=O) groups excluding carboxylic acids is 2. The van der Waals surface area contributed by atoms with Crippen molar-refractivity contribution in [1.82, 2.24) is 0 Å². The number of ketones is 2. The van der Waals surface area contributed by atoms with Crippen molar-refractivity contribution in [2.45, 2.75) is 6.92 Å². The molecule has 6 nitrogen and oxygen atoms in total. The molecular weight excluding hydrogens is 408 g/mol. The molecule has 2 N–H and O–H groups in total. The summed E-state index contributed by atoms with van der Waals surface area (Å²) in [6.07, 6.45) is 0. The minimum Gasteiger partial charge on any atom is -0.507 e. The first kappa shape index (κ1) is 19.5. The van der Waals surface area contributed by atoms with Crippen LogP contribution >= 0.6 is 0 Å². The minimum atomic E-state index is -0.866. The minimum absolute atomic E-state index is 0.00983. The van der Waals surface area contributed by atoms with E-state index in [4.69, 9.17) is 4.42 Å². The van der Waals surface area contributed by atoms with Crippen LogP contribution in [0.4, 0.5) is 0 Å². The number of para-hydroxylation sites is 1. The monoisotopic (exact) mass is 424 g/mol. The van der Waals surface area contributed by atoms with E-state index in [1.54, 1.807) is 24.3 Å². The zero-order valence-electron chi connectivity index (χ0n) is 16.9. The first-order chi connectivity index (χ1) is 15.4. The predicted molar refractivity (Wildman–Crippen MR) is 121 cm³/mol. The van der Waals surface area contributed by atoms with Gasteiger partial charge in [-0.1, -0.05) is 42.5 Å². The normalized spacial score (nSPS) is 11.3. The molecule has 0 aliphatic rings. The summed E-state index contributed by atoms with van der Waals surface area (Å²) in [7, 11) is 0. The van der Waals surface area contributed by atoms with Crippen LogP contribution in [0.1, 0.15) is 33.2 Å². The SMILES string of the molecule is CC(=O)c1cc(C(=O)c2ccccc2O)c2c(c1O)c(=O)oc1ccc3ccccc3c12. The number of hydrogen-bond acceptors (Lipinski definition) is 6. The second kappa shape index (κ2) is 7.06. The van der Waals surface area contributed by atoms with E-state index in [0.717, 1.165) is 5.39 Å². The molecule has 0 saturated carbocycles. The van der Waals surface area contributed by atoms with Gasteiger partial charge < -0.3 is 14.6 Å². The van der Waals surface area contributed by atoms with Crippen LogP contribution in [0.2, 0.25) is 0 Å². The highest BCUT2D eigenvalue weighted by molar-refractivity contribution is 6.29. The van der Waals surface area contributed by atoms with Crippen LogP contribution in [0.25, 0.3) is 32.5 Å². The van der Waals surface area contributed by atoms with Crippen molar-refractivity contribution in [2.75, 3.05) is 0 Å². The Morgan fingerprint density at radius 3 is 2.25 bits per heavy atom. The number of phenols is 2. The Kier molecular flexibility index (Phi) is 4.30. The number of hydrogen-bond donors (Lipinski definition) is 2. The van der Waals surface area contributed by atoms with Crippen molar-refractivity contribution in [1.29, 1.82) is 0 Å². The Labute approximate surface area is 181 Å². The van der Waals surface area contributed by atoms with Gasteiger partial charge in [0.1, 0.15) is 22.5 Å². The van der Waals surface area contributed by atoms with Crippen LogP contribution < -0.4 is 5.63 Å². The molecule has 1 aromatic heterocycles. The molecule has 0 atom stereocenters. The first-order valence-corrected chi connectivity index (χ1v) is 9.86. The van der Waals surface area contributed by atoms with E-state index >= 15 is 0 Å². The molecule has 0 radical (unpaired) electrons. The number of carbonyl (C=O) groups is 2. The highest BCUT2D eigenvalue weighted by Crippen LogP contribution is 2.39. The lowest BCUT2D eigenvalue weighted by molar-refractivity contribution is 0.101. The molecule has 0 bridgehead atoms. The molecule has 0 saturated heterocycles. The summed E-state index contributed by atoms with van der Waals surface area (Å²) in [6, 6.07) is 18.1. The fourth-order valence-corrected chi connectivity index (χ4v) is 4.13. The summed E-state index contributed by atoms with van der Waals surface area (Å²) < 4.78 is 5.48. The molecule has 0 aliphatic heterocycles. The molecule has 5 aromatic rings. The van der Waals surface area contributed by atoms with Crippen LogP contribution in [0, 0.1) is 0 Å². The molecule has 4 aromatic carbocycles. The van der Waals surface area contributed by atoms with Crippen molar-refractivity contribution in [3.63, 3.8) is 0 Å². The molecule has 0 spiro atoms. The van der Waals surface area contributed by atoms with Gasteiger partial charge in [0.25, 0.3) is 0 Å². The maximum atomic E-state index is 13.6. The number of phenolic OH excluding ortho intramolecular Hbond substituents is 2. The third kappa shape index (κ3) is 2.77. The van der Waals surface area contributed by atoms with Crippen molar-refractivity contribution in [3.8, 4) is 11.5 Å². The Bertz CT molecular complexity index is 1660. The third-order valence-corrected chi connectivity index (χ3v) is 5.62. The summed E-state index contributed by atoms with van der Waals surface area (Å²) in [5, 5.41) is 23.0. The van der Waals surface area contributed by atoms with Crippen LogP contribution in [0.5, 0.6) is 11.5 Å². The lowest BCUT2D eigenvalue weighted by atomic mass is 9.90. The maximum absolute atomic E-state index is 13.6. The van der Waals surface area contributed by atoms with Crippen molar-refractivity contribution in [2.24, 2.45) is 0 Å². The van der Waals surface area contributed by atoms with Gasteiger partial charge in [-0.15, -0.1) is 0 Å². The maximum Gasteiger partial charge on any atom is 0.348 e. The van der Waals surface area contributed by atoms with E-state index < -0.39 is 22.9 Å². The second-order valence-corrected chi connectivity index (χ2v) is 7.52. The molecule has 6 heteroatoms. The summed E-state index contributed by atoms with van der Waals surface area (Å²) in [5.41, 5.74) is -0.783. The summed E-state index contributed by atoms with van der Waals surface area (Å²) in [4.78, 5) is 38.7. The van der Waals surface area contributed by atoms with Crippen LogP contribution in [-0.2, 0) is 0 Å². The molecule has 156 valence electrons. The van der Waals surface area contributed by atoms with Crippen molar-refractivity contribution in [3.05, 3.63) is 93.8 Å². The average Bonchev–Trinajstić information content (AvgIpc) is 2.78. The molecule has 32 heavy (non-hydrogen) atoms. The Hall–Kier alpha value is -4.45. The summed E-state index contributed by atoms with van der Waals surface area (Å²) >= 11 is 0. The van der Waals surface area contributed by atoms with Gasteiger partial charge >= 0.3 is 5.63 Å². The van der Waals surface area contributed by atoms with Gasteiger partial charge in [0.15, 0.2) is 11.6 Å². The molecule has 0 aliphatic carbocycles. The molecule has 0 amide bonds. The van der Waals surface area contributed by atoms with Crippen LogP contribution in [0.15, 0.2) is 75.9 Å². The number of rotatable bonds is 3. The molecule has 5 rings (SSSR count). The second-order valence-electron chi connectivity index (χ2n) is 7.52. The summed E-state index contributed by atoms with van der Waals surface area (Å²) in [6.45, 7) is 1.23. The van der Waals surface area contributed by atoms with E-state index in [1.165, 1.54) is 25.1 Å². The number of aromatic hydroxyl groups is 2. The van der Waals surface area contributed by atoms with Gasteiger partial charge in [-0.05, 0) is 42.0 Å². The van der Waals surface area contributed by atoms with E-state index in [2.05, 4.69) is 0 Å². The quantitative estimate of drug-likeness (QED) is 0.241. The highest BCUT2D eigenvalue weighted by atomic mass is 16.4.